The quantitative estimate of drug-likeness (QED) is 0.411. The molecule has 2 fully saturated rings. The van der Waals surface area contributed by atoms with E-state index in [4.69, 9.17) is 4.98 Å². The van der Waals surface area contributed by atoms with Crippen molar-refractivity contribution in [1.29, 1.82) is 0 Å². The number of nitrogens with one attached hydrogen (secondary N) is 2. The van der Waals surface area contributed by atoms with E-state index in [2.05, 4.69) is 42.0 Å². The van der Waals surface area contributed by atoms with Crippen molar-refractivity contribution in [3.8, 4) is 0 Å². The molecule has 6 nitrogen and oxygen atoms in total. The van der Waals surface area contributed by atoms with Gasteiger partial charge in [0.2, 0.25) is 5.91 Å². The Hall–Kier alpha value is -2.25. The Morgan fingerprint density at radius 2 is 1.97 bits per heavy atom. The van der Waals surface area contributed by atoms with Gasteiger partial charge in [-0.1, -0.05) is 63.5 Å². The van der Waals surface area contributed by atoms with Crippen LogP contribution >= 0.6 is 11.3 Å². The predicted molar refractivity (Wildman–Crippen MR) is 147 cm³/mol. The third-order valence-corrected chi connectivity index (χ3v) is 8.95. The van der Waals surface area contributed by atoms with E-state index in [-0.39, 0.29) is 29.7 Å². The molecule has 3 aliphatic rings. The number of amides is 1. The van der Waals surface area contributed by atoms with Gasteiger partial charge in [-0.15, -0.1) is 11.3 Å². The standard InChI is InChI=1S/C29H42N4O2S/c1-19(2)22-12-8-13-23(16-22)28(35)24-18-36-29(31-24)25-14-9-15-33(25)20(3)27(32-26(34)17-30-4)21-10-6-5-7-11-21/h8,12-13,18-19,21,23,25,27,30H,3,5-7,9-11,14-17H2,1-2,4H3,(H,32,34). The number of thiazole rings is 1. The normalized spacial score (nSPS) is 23.6. The van der Waals surface area contributed by atoms with Gasteiger partial charge in [0.25, 0.3) is 0 Å². The topological polar surface area (TPSA) is 74.3 Å². The van der Waals surface area contributed by atoms with Gasteiger partial charge in [0.15, 0.2) is 5.78 Å². The lowest BCUT2D eigenvalue weighted by Crippen LogP contribution is -2.48. The third-order valence-electron chi connectivity index (χ3n) is 8.00. The highest BCUT2D eigenvalue weighted by Gasteiger charge is 2.36. The summed E-state index contributed by atoms with van der Waals surface area (Å²) in [4.78, 5) is 33.1. The second-order valence-electron chi connectivity index (χ2n) is 10.8. The molecular weight excluding hydrogens is 468 g/mol. The molecule has 1 saturated heterocycles. The number of allylic oxidation sites excluding steroid dienone is 4. The first-order chi connectivity index (χ1) is 17.4. The molecule has 36 heavy (non-hydrogen) atoms. The maximum Gasteiger partial charge on any atom is 0.234 e. The molecule has 3 atom stereocenters. The van der Waals surface area contributed by atoms with E-state index in [9.17, 15) is 9.59 Å². The first kappa shape index (κ1) is 26.8. The van der Waals surface area contributed by atoms with Crippen molar-refractivity contribution in [3.63, 3.8) is 0 Å². The molecule has 3 unspecified atom stereocenters. The lowest BCUT2D eigenvalue weighted by molar-refractivity contribution is -0.121. The lowest BCUT2D eigenvalue weighted by atomic mass is 9.82. The van der Waals surface area contributed by atoms with Crippen molar-refractivity contribution in [3.05, 3.63) is 52.2 Å². The fraction of sp³-hybridized carbons (Fsp3) is 0.621. The number of carbonyl (C=O) groups excluding carboxylic acids is 2. The maximum atomic E-state index is 13.3. The van der Waals surface area contributed by atoms with Gasteiger partial charge < -0.3 is 15.5 Å². The predicted octanol–water partition coefficient (Wildman–Crippen LogP) is 5.42. The van der Waals surface area contributed by atoms with Crippen LogP contribution in [0.15, 0.2) is 41.5 Å². The van der Waals surface area contributed by atoms with Crippen LogP contribution in [0, 0.1) is 17.8 Å². The molecule has 7 heteroatoms. The van der Waals surface area contributed by atoms with Crippen LogP contribution in [0.1, 0.15) is 86.8 Å². The zero-order chi connectivity index (χ0) is 25.7. The van der Waals surface area contributed by atoms with Crippen molar-refractivity contribution in [2.24, 2.45) is 17.8 Å². The average Bonchev–Trinajstić information content (AvgIpc) is 3.57. The molecule has 1 aliphatic heterocycles. The summed E-state index contributed by atoms with van der Waals surface area (Å²) in [5.41, 5.74) is 2.90. The minimum Gasteiger partial charge on any atom is -0.364 e. The number of Topliss-reactive ketones (excluding diaryl/α,β-unsaturated/α-hetero) is 1. The van der Waals surface area contributed by atoms with Gasteiger partial charge in [0, 0.05) is 23.5 Å². The molecule has 1 saturated carbocycles. The smallest absolute Gasteiger partial charge is 0.234 e. The second kappa shape index (κ2) is 12.3. The first-order valence-electron chi connectivity index (χ1n) is 13.6. The zero-order valence-corrected chi connectivity index (χ0v) is 22.9. The molecule has 196 valence electrons. The number of likely N-dealkylation sites (N-methyl/N-ethyl adjacent to an activating group) is 1. The van der Waals surface area contributed by atoms with E-state index < -0.39 is 0 Å². The summed E-state index contributed by atoms with van der Waals surface area (Å²) in [5.74, 6) is 0.864. The molecule has 2 aliphatic carbocycles. The molecule has 2 N–H and O–H groups in total. The van der Waals surface area contributed by atoms with Crippen LogP contribution in [0.5, 0.6) is 0 Å². The number of ketones is 1. The molecule has 0 radical (unpaired) electrons. The van der Waals surface area contributed by atoms with Gasteiger partial charge in [-0.3, -0.25) is 9.59 Å². The number of carbonyl (C=O) groups is 2. The molecule has 4 rings (SSSR count). The van der Waals surface area contributed by atoms with E-state index >= 15 is 0 Å². The van der Waals surface area contributed by atoms with Crippen LogP contribution in [0.2, 0.25) is 0 Å². The lowest BCUT2D eigenvalue weighted by Gasteiger charge is -2.38. The van der Waals surface area contributed by atoms with Gasteiger partial charge in [0.05, 0.1) is 18.6 Å². The van der Waals surface area contributed by atoms with Gasteiger partial charge >= 0.3 is 0 Å². The van der Waals surface area contributed by atoms with E-state index in [1.54, 1.807) is 18.4 Å². The minimum absolute atomic E-state index is 0.0162. The number of hydrogen-bond acceptors (Lipinski definition) is 6. The van der Waals surface area contributed by atoms with Gasteiger partial charge in [0.1, 0.15) is 10.7 Å². The Morgan fingerprint density at radius 1 is 1.19 bits per heavy atom. The van der Waals surface area contributed by atoms with Crippen molar-refractivity contribution in [2.45, 2.75) is 77.3 Å². The summed E-state index contributed by atoms with van der Waals surface area (Å²) in [7, 11) is 1.80. The van der Waals surface area contributed by atoms with Crippen LogP contribution in [0.4, 0.5) is 0 Å². The van der Waals surface area contributed by atoms with E-state index in [0.717, 1.165) is 49.4 Å². The molecule has 0 bridgehead atoms. The highest BCUT2D eigenvalue weighted by atomic mass is 32.1. The largest absolute Gasteiger partial charge is 0.364 e. The Bertz CT molecular complexity index is 1000. The zero-order valence-electron chi connectivity index (χ0n) is 22.1. The van der Waals surface area contributed by atoms with Crippen LogP contribution in [0.3, 0.4) is 0 Å². The maximum absolute atomic E-state index is 13.3. The summed E-state index contributed by atoms with van der Waals surface area (Å²) in [6, 6.07) is 0.0609. The minimum atomic E-state index is -0.130. The monoisotopic (exact) mass is 510 g/mol. The van der Waals surface area contributed by atoms with E-state index in [1.165, 1.54) is 24.8 Å². The van der Waals surface area contributed by atoms with Gasteiger partial charge in [-0.05, 0) is 51.0 Å². The van der Waals surface area contributed by atoms with Crippen LogP contribution in [-0.2, 0) is 4.79 Å². The first-order valence-corrected chi connectivity index (χ1v) is 14.5. The Labute approximate surface area is 220 Å². The summed E-state index contributed by atoms with van der Waals surface area (Å²) in [6.45, 7) is 10.1. The summed E-state index contributed by atoms with van der Waals surface area (Å²) >= 11 is 1.59. The Balaban J connectivity index is 1.48. The van der Waals surface area contributed by atoms with E-state index in [0.29, 0.717) is 24.1 Å². The molecule has 1 aromatic rings. The number of nitrogens with zero attached hydrogens (tertiary/aromatic N) is 2. The molecular formula is C29H42N4O2S. The SMILES string of the molecule is C=C(C(NC(=O)CNC)C1CCCCC1)N1CCCC1c1nc(C(=O)C2C=CC=C(C(C)C)C2)cs1. The van der Waals surface area contributed by atoms with Gasteiger partial charge in [-0.2, -0.15) is 0 Å². The van der Waals surface area contributed by atoms with Gasteiger partial charge in [-0.25, -0.2) is 4.98 Å². The summed E-state index contributed by atoms with van der Waals surface area (Å²) in [5, 5.41) is 9.18. The molecule has 0 spiro atoms. The molecule has 1 amide bonds. The average molecular weight is 511 g/mol. The number of hydrogen-bond donors (Lipinski definition) is 2. The van der Waals surface area contributed by atoms with Crippen LogP contribution < -0.4 is 10.6 Å². The van der Waals surface area contributed by atoms with E-state index in [1.807, 2.05) is 17.5 Å². The van der Waals surface area contributed by atoms with Crippen molar-refractivity contribution in [1.82, 2.24) is 20.5 Å². The highest BCUT2D eigenvalue weighted by Crippen LogP contribution is 2.40. The second-order valence-corrected chi connectivity index (χ2v) is 11.7. The molecule has 1 aromatic heterocycles. The molecule has 2 heterocycles. The fourth-order valence-electron chi connectivity index (χ4n) is 5.93. The van der Waals surface area contributed by atoms with Crippen LogP contribution in [0.25, 0.3) is 0 Å². The summed E-state index contributed by atoms with van der Waals surface area (Å²) < 4.78 is 0. The summed E-state index contributed by atoms with van der Waals surface area (Å²) in [6.07, 6.45) is 14.9. The number of likely N-dealkylation sites (tertiary alicyclic amines) is 1. The molecule has 0 aromatic carbocycles. The van der Waals surface area contributed by atoms with Crippen molar-refractivity contribution >= 4 is 23.0 Å². The Morgan fingerprint density at radius 3 is 2.69 bits per heavy atom. The van der Waals surface area contributed by atoms with Crippen LogP contribution in [-0.4, -0.2) is 47.8 Å². The van der Waals surface area contributed by atoms with Crippen molar-refractivity contribution in [2.75, 3.05) is 20.1 Å². The highest BCUT2D eigenvalue weighted by molar-refractivity contribution is 7.09. The number of rotatable bonds is 10. The van der Waals surface area contributed by atoms with Crippen molar-refractivity contribution < 1.29 is 9.59 Å². The number of aromatic nitrogens is 1. The fourth-order valence-corrected chi connectivity index (χ4v) is 6.88. The third kappa shape index (κ3) is 6.17. The Kier molecular flexibility index (Phi) is 9.18.